The number of fused-ring (bicyclic) bond motifs is 1. The van der Waals surface area contributed by atoms with Crippen LogP contribution in [0.5, 0.6) is 5.75 Å². The van der Waals surface area contributed by atoms with Crippen molar-refractivity contribution in [2.45, 2.75) is 25.6 Å². The molecule has 0 spiro atoms. The fourth-order valence-corrected chi connectivity index (χ4v) is 3.40. The van der Waals surface area contributed by atoms with Crippen LogP contribution in [0.2, 0.25) is 0 Å². The van der Waals surface area contributed by atoms with E-state index >= 15 is 0 Å². The Morgan fingerprint density at radius 1 is 1.30 bits per heavy atom. The molecule has 3 heterocycles. The van der Waals surface area contributed by atoms with Gasteiger partial charge in [-0.1, -0.05) is 6.07 Å². The molecule has 0 saturated carbocycles. The van der Waals surface area contributed by atoms with E-state index in [-0.39, 0.29) is 18.6 Å². The maximum absolute atomic E-state index is 12.6. The third-order valence-electron chi connectivity index (χ3n) is 5.02. The number of benzene rings is 1. The number of carbonyl (C=O) groups is 1. The summed E-state index contributed by atoms with van der Waals surface area (Å²) < 4.78 is 7.76. The zero-order chi connectivity index (χ0) is 19.0. The summed E-state index contributed by atoms with van der Waals surface area (Å²) in [5, 5.41) is 15.7. The Morgan fingerprint density at radius 2 is 2.15 bits per heavy atom. The van der Waals surface area contributed by atoms with Crippen LogP contribution in [0.4, 0.5) is 0 Å². The smallest absolute Gasteiger partial charge is 0.274 e. The molecule has 1 fully saturated rings. The van der Waals surface area contributed by atoms with E-state index in [1.54, 1.807) is 28.9 Å². The minimum absolute atomic E-state index is 0.162. The number of aliphatic hydroxyl groups excluding tert-OH is 1. The van der Waals surface area contributed by atoms with Crippen molar-refractivity contribution in [1.82, 2.24) is 19.7 Å². The van der Waals surface area contributed by atoms with Crippen LogP contribution >= 0.6 is 0 Å². The predicted molar refractivity (Wildman–Crippen MR) is 101 cm³/mol. The number of hydrogen-bond donors (Lipinski definition) is 1. The molecule has 140 valence electrons. The maximum Gasteiger partial charge on any atom is 0.274 e. The first kappa shape index (κ1) is 17.5. The van der Waals surface area contributed by atoms with Crippen LogP contribution in [-0.4, -0.2) is 56.0 Å². The lowest BCUT2D eigenvalue weighted by atomic mass is 10.0. The van der Waals surface area contributed by atoms with Gasteiger partial charge in [0, 0.05) is 37.3 Å². The standard InChI is InChI=1S/C20H22N4O3/c1-13-11-16(22-23(13)2)20(26)24-10-8-19(17(25)12-24)27-18-7-3-6-15-14(18)5-4-9-21-15/h3-7,9,11,17,19,25H,8,10,12H2,1-2H3/t17-,19-/m1/s1. The van der Waals surface area contributed by atoms with E-state index in [1.807, 2.05) is 37.3 Å². The largest absolute Gasteiger partial charge is 0.487 e. The predicted octanol–water partition coefficient (Wildman–Crippen LogP) is 1.93. The van der Waals surface area contributed by atoms with Gasteiger partial charge in [0.15, 0.2) is 5.69 Å². The van der Waals surface area contributed by atoms with Crippen molar-refractivity contribution < 1.29 is 14.6 Å². The van der Waals surface area contributed by atoms with Gasteiger partial charge >= 0.3 is 0 Å². The number of aliphatic hydroxyl groups is 1. The summed E-state index contributed by atoms with van der Waals surface area (Å²) in [7, 11) is 1.81. The van der Waals surface area contributed by atoms with Crippen LogP contribution in [0.15, 0.2) is 42.6 Å². The van der Waals surface area contributed by atoms with Crippen molar-refractivity contribution in [1.29, 1.82) is 0 Å². The Hall–Kier alpha value is -2.93. The van der Waals surface area contributed by atoms with Crippen molar-refractivity contribution in [2.24, 2.45) is 7.05 Å². The summed E-state index contributed by atoms with van der Waals surface area (Å²) in [6, 6.07) is 11.3. The molecule has 1 aliphatic rings. The average Bonchev–Trinajstić information content (AvgIpc) is 3.01. The summed E-state index contributed by atoms with van der Waals surface area (Å²) in [4.78, 5) is 18.6. The van der Waals surface area contributed by atoms with Gasteiger partial charge in [-0.2, -0.15) is 5.10 Å². The van der Waals surface area contributed by atoms with Gasteiger partial charge in [0.1, 0.15) is 18.0 Å². The first-order valence-corrected chi connectivity index (χ1v) is 9.01. The molecule has 1 amide bonds. The fraction of sp³-hybridized carbons (Fsp3) is 0.350. The van der Waals surface area contributed by atoms with Gasteiger partial charge in [-0.05, 0) is 37.3 Å². The minimum atomic E-state index is -0.764. The number of nitrogens with zero attached hydrogens (tertiary/aromatic N) is 4. The van der Waals surface area contributed by atoms with Crippen molar-refractivity contribution in [2.75, 3.05) is 13.1 Å². The second-order valence-electron chi connectivity index (χ2n) is 6.88. The molecule has 27 heavy (non-hydrogen) atoms. The highest BCUT2D eigenvalue weighted by Gasteiger charge is 2.33. The third-order valence-corrected chi connectivity index (χ3v) is 5.02. The number of likely N-dealkylation sites (tertiary alicyclic amines) is 1. The number of ether oxygens (including phenoxy) is 1. The lowest BCUT2D eigenvalue weighted by Crippen LogP contribution is -2.51. The number of hydrogen-bond acceptors (Lipinski definition) is 5. The molecule has 3 aromatic rings. The molecule has 2 aromatic heterocycles. The number of rotatable bonds is 3. The van der Waals surface area contributed by atoms with Crippen molar-refractivity contribution in [3.63, 3.8) is 0 Å². The molecule has 0 aliphatic carbocycles. The molecule has 1 aromatic carbocycles. The second-order valence-corrected chi connectivity index (χ2v) is 6.88. The van der Waals surface area contributed by atoms with Gasteiger partial charge < -0.3 is 14.7 Å². The highest BCUT2D eigenvalue weighted by Crippen LogP contribution is 2.27. The van der Waals surface area contributed by atoms with Crippen molar-refractivity contribution in [3.05, 3.63) is 54.0 Å². The first-order valence-electron chi connectivity index (χ1n) is 9.01. The van der Waals surface area contributed by atoms with Gasteiger partial charge in [0.25, 0.3) is 5.91 Å². The summed E-state index contributed by atoms with van der Waals surface area (Å²) in [5.74, 6) is 0.537. The monoisotopic (exact) mass is 366 g/mol. The highest BCUT2D eigenvalue weighted by atomic mass is 16.5. The van der Waals surface area contributed by atoms with Crippen LogP contribution in [0.25, 0.3) is 10.9 Å². The lowest BCUT2D eigenvalue weighted by molar-refractivity contribution is -0.0194. The van der Waals surface area contributed by atoms with E-state index in [0.29, 0.717) is 24.4 Å². The fourth-order valence-electron chi connectivity index (χ4n) is 3.40. The minimum Gasteiger partial charge on any atom is -0.487 e. The topological polar surface area (TPSA) is 80.5 Å². The van der Waals surface area contributed by atoms with E-state index in [9.17, 15) is 9.90 Å². The zero-order valence-electron chi connectivity index (χ0n) is 15.4. The first-order chi connectivity index (χ1) is 13.0. The van der Waals surface area contributed by atoms with Crippen LogP contribution in [0.3, 0.4) is 0 Å². The Kier molecular flexibility index (Phi) is 4.53. The number of piperidine rings is 1. The molecule has 7 nitrogen and oxygen atoms in total. The van der Waals surface area contributed by atoms with Crippen LogP contribution < -0.4 is 4.74 Å². The number of β-amino-alcohol motifs (C(OH)–C–C–N with tert-alkyl or cyclic N) is 1. The van der Waals surface area contributed by atoms with Crippen LogP contribution in [-0.2, 0) is 7.05 Å². The Bertz CT molecular complexity index is 960. The van der Waals surface area contributed by atoms with Gasteiger partial charge in [-0.3, -0.25) is 14.5 Å². The Morgan fingerprint density at radius 3 is 2.89 bits per heavy atom. The summed E-state index contributed by atoms with van der Waals surface area (Å²) >= 11 is 0. The molecular weight excluding hydrogens is 344 g/mol. The van der Waals surface area contributed by atoms with E-state index in [2.05, 4.69) is 10.1 Å². The Balaban J connectivity index is 1.46. The molecule has 1 saturated heterocycles. The van der Waals surface area contributed by atoms with E-state index < -0.39 is 6.10 Å². The van der Waals surface area contributed by atoms with Gasteiger partial charge in [-0.25, -0.2) is 0 Å². The Labute approximate surface area is 157 Å². The number of aromatic nitrogens is 3. The second kappa shape index (κ2) is 7.00. The quantitative estimate of drug-likeness (QED) is 0.766. The number of pyridine rings is 1. The summed E-state index contributed by atoms with van der Waals surface area (Å²) in [6.07, 6.45) is 1.16. The lowest BCUT2D eigenvalue weighted by Gasteiger charge is -2.35. The highest BCUT2D eigenvalue weighted by molar-refractivity contribution is 5.92. The van der Waals surface area contributed by atoms with Gasteiger partial charge in [-0.15, -0.1) is 0 Å². The van der Waals surface area contributed by atoms with E-state index in [4.69, 9.17) is 4.74 Å². The molecule has 4 rings (SSSR count). The van der Waals surface area contributed by atoms with Crippen molar-refractivity contribution >= 4 is 16.8 Å². The molecule has 7 heteroatoms. The average molecular weight is 366 g/mol. The third kappa shape index (κ3) is 3.38. The molecule has 1 aliphatic heterocycles. The van der Waals surface area contributed by atoms with E-state index in [0.717, 1.165) is 16.6 Å². The molecule has 0 bridgehead atoms. The molecule has 0 unspecified atom stereocenters. The zero-order valence-corrected chi connectivity index (χ0v) is 15.4. The van der Waals surface area contributed by atoms with Gasteiger partial charge in [0.05, 0.1) is 12.1 Å². The van der Waals surface area contributed by atoms with Crippen molar-refractivity contribution in [3.8, 4) is 5.75 Å². The van der Waals surface area contributed by atoms with Crippen LogP contribution in [0.1, 0.15) is 22.6 Å². The number of carbonyl (C=O) groups excluding carboxylic acids is 1. The molecular formula is C20H22N4O3. The number of amides is 1. The summed E-state index contributed by atoms with van der Waals surface area (Å²) in [6.45, 7) is 2.64. The normalized spacial score (nSPS) is 20.0. The van der Waals surface area contributed by atoms with E-state index in [1.165, 1.54) is 0 Å². The van der Waals surface area contributed by atoms with Gasteiger partial charge in [0.2, 0.25) is 0 Å². The molecule has 2 atom stereocenters. The van der Waals surface area contributed by atoms with Crippen LogP contribution in [0, 0.1) is 6.92 Å². The maximum atomic E-state index is 12.6. The number of aryl methyl sites for hydroxylation is 2. The molecule has 0 radical (unpaired) electrons. The molecule has 1 N–H and O–H groups in total. The summed E-state index contributed by atoms with van der Waals surface area (Å²) in [5.41, 5.74) is 2.17. The SMILES string of the molecule is Cc1cc(C(=O)N2CC[C@@H](Oc3cccc4ncccc34)[C@H](O)C2)nn1C.